The summed E-state index contributed by atoms with van der Waals surface area (Å²) in [5.41, 5.74) is 1.54. The fourth-order valence-electron chi connectivity index (χ4n) is 3.03. The molecule has 0 saturated carbocycles. The number of hydrogen-bond donors (Lipinski definition) is 1. The molecule has 2 heterocycles. The smallest absolute Gasteiger partial charge is 0.251 e. The molecule has 1 aromatic carbocycles. The molecule has 25 heavy (non-hydrogen) atoms. The fraction of sp³-hybridized carbons (Fsp3) is 0.444. The van der Waals surface area contributed by atoms with Crippen molar-refractivity contribution in [3.63, 3.8) is 0 Å². The molecule has 1 saturated heterocycles. The van der Waals surface area contributed by atoms with Crippen LogP contribution in [0.3, 0.4) is 0 Å². The molecule has 3 rings (SSSR count). The Balaban J connectivity index is 1.58. The van der Waals surface area contributed by atoms with Crippen molar-refractivity contribution < 1.29 is 9.59 Å². The first-order chi connectivity index (χ1) is 12.1. The van der Waals surface area contributed by atoms with E-state index in [0.717, 1.165) is 24.9 Å². The lowest BCUT2D eigenvalue weighted by Gasteiger charge is -2.20. The van der Waals surface area contributed by atoms with Gasteiger partial charge in [-0.2, -0.15) is 5.10 Å². The van der Waals surface area contributed by atoms with Crippen molar-refractivity contribution in [2.75, 3.05) is 13.1 Å². The van der Waals surface area contributed by atoms with Crippen molar-refractivity contribution in [2.24, 2.45) is 0 Å². The van der Waals surface area contributed by atoms with Gasteiger partial charge in [-0.05, 0) is 31.4 Å². The maximum absolute atomic E-state index is 12.6. The minimum Gasteiger partial charge on any atom is -0.350 e. The van der Waals surface area contributed by atoms with Crippen LogP contribution in [0.4, 0.5) is 0 Å². The van der Waals surface area contributed by atoms with Crippen LogP contribution in [-0.4, -0.2) is 50.6 Å². The first-order valence-electron chi connectivity index (χ1n) is 8.62. The van der Waals surface area contributed by atoms with Crippen LogP contribution >= 0.6 is 0 Å². The number of benzene rings is 1. The summed E-state index contributed by atoms with van der Waals surface area (Å²) in [5, 5.41) is 7.12. The molecule has 0 spiro atoms. The molecule has 0 aliphatic carbocycles. The van der Waals surface area contributed by atoms with E-state index in [4.69, 9.17) is 0 Å². The number of rotatable bonds is 7. The van der Waals surface area contributed by atoms with E-state index in [1.807, 2.05) is 36.1 Å². The van der Waals surface area contributed by atoms with Gasteiger partial charge in [0.2, 0.25) is 5.91 Å². The molecule has 7 heteroatoms. The number of nitrogens with one attached hydrogen (secondary N) is 1. The van der Waals surface area contributed by atoms with Crippen molar-refractivity contribution in [3.8, 4) is 0 Å². The van der Waals surface area contributed by atoms with E-state index < -0.39 is 0 Å². The Morgan fingerprint density at radius 3 is 2.92 bits per heavy atom. The summed E-state index contributed by atoms with van der Waals surface area (Å²) in [5.74, 6) is 0.118. The summed E-state index contributed by atoms with van der Waals surface area (Å²) >= 11 is 0. The number of aromatic nitrogens is 3. The zero-order chi connectivity index (χ0) is 17.6. The monoisotopic (exact) mass is 341 g/mol. The molecule has 0 radical (unpaired) electrons. The van der Waals surface area contributed by atoms with Crippen LogP contribution in [0.2, 0.25) is 0 Å². The van der Waals surface area contributed by atoms with E-state index in [0.29, 0.717) is 25.1 Å². The molecule has 7 nitrogen and oxygen atoms in total. The first kappa shape index (κ1) is 17.1. The average Bonchev–Trinajstić information content (AvgIpc) is 3.25. The van der Waals surface area contributed by atoms with Crippen molar-refractivity contribution in [1.29, 1.82) is 0 Å². The molecule has 2 amide bonds. The normalized spacial score (nSPS) is 15.4. The Kier molecular flexibility index (Phi) is 5.42. The van der Waals surface area contributed by atoms with E-state index in [1.54, 1.807) is 11.0 Å². The molecule has 1 fully saturated rings. The van der Waals surface area contributed by atoms with Gasteiger partial charge in [0.15, 0.2) is 0 Å². The molecule has 1 atom stereocenters. The second-order valence-electron chi connectivity index (χ2n) is 6.40. The van der Waals surface area contributed by atoms with Gasteiger partial charge in [-0.1, -0.05) is 18.2 Å². The number of hydrogen-bond acceptors (Lipinski definition) is 4. The molecular formula is C18H23N5O2. The summed E-state index contributed by atoms with van der Waals surface area (Å²) in [7, 11) is 0. The van der Waals surface area contributed by atoms with Crippen molar-refractivity contribution in [1.82, 2.24) is 25.0 Å². The molecule has 1 aliphatic rings. The van der Waals surface area contributed by atoms with Gasteiger partial charge in [-0.3, -0.25) is 9.59 Å². The maximum Gasteiger partial charge on any atom is 0.251 e. The lowest BCUT2D eigenvalue weighted by molar-refractivity contribution is -0.127. The van der Waals surface area contributed by atoms with Crippen molar-refractivity contribution in [3.05, 3.63) is 48.0 Å². The Hall–Kier alpha value is -2.70. The Morgan fingerprint density at radius 2 is 2.20 bits per heavy atom. The zero-order valence-electron chi connectivity index (χ0n) is 14.4. The third-order valence-electron chi connectivity index (χ3n) is 4.44. The topological polar surface area (TPSA) is 80.1 Å². The van der Waals surface area contributed by atoms with Crippen LogP contribution in [-0.2, 0) is 11.3 Å². The van der Waals surface area contributed by atoms with Gasteiger partial charge in [-0.25, -0.2) is 9.67 Å². The Morgan fingerprint density at radius 1 is 1.36 bits per heavy atom. The average molecular weight is 341 g/mol. The highest BCUT2D eigenvalue weighted by Crippen LogP contribution is 2.12. The molecule has 1 N–H and O–H groups in total. The predicted octanol–water partition coefficient (Wildman–Crippen LogP) is 1.46. The summed E-state index contributed by atoms with van der Waals surface area (Å²) in [6, 6.07) is 7.50. The number of likely N-dealkylation sites (tertiary alicyclic amines) is 1. The van der Waals surface area contributed by atoms with Gasteiger partial charge < -0.3 is 10.2 Å². The highest BCUT2D eigenvalue weighted by atomic mass is 16.2. The zero-order valence-corrected chi connectivity index (χ0v) is 14.4. The van der Waals surface area contributed by atoms with Gasteiger partial charge >= 0.3 is 0 Å². The van der Waals surface area contributed by atoms with Gasteiger partial charge in [0, 0.05) is 31.1 Å². The van der Waals surface area contributed by atoms with Gasteiger partial charge in [0.1, 0.15) is 12.7 Å². The van der Waals surface area contributed by atoms with Crippen LogP contribution in [0.5, 0.6) is 0 Å². The summed E-state index contributed by atoms with van der Waals surface area (Å²) < 4.78 is 1.69. The van der Waals surface area contributed by atoms with E-state index in [2.05, 4.69) is 15.4 Å². The van der Waals surface area contributed by atoms with Crippen LogP contribution in [0.1, 0.15) is 42.1 Å². The van der Waals surface area contributed by atoms with E-state index in [-0.39, 0.29) is 17.9 Å². The third kappa shape index (κ3) is 4.43. The lowest BCUT2D eigenvalue weighted by Crippen LogP contribution is -2.37. The van der Waals surface area contributed by atoms with Crippen LogP contribution < -0.4 is 5.32 Å². The maximum atomic E-state index is 12.6. The van der Waals surface area contributed by atoms with Crippen molar-refractivity contribution >= 4 is 11.8 Å². The molecule has 0 unspecified atom stereocenters. The molecule has 1 aromatic heterocycles. The Labute approximate surface area is 147 Å². The molecular weight excluding hydrogens is 318 g/mol. The number of nitrogens with zero attached hydrogens (tertiary/aromatic N) is 4. The quantitative estimate of drug-likeness (QED) is 0.827. The molecule has 2 aromatic rings. The van der Waals surface area contributed by atoms with Gasteiger partial charge in [-0.15, -0.1) is 0 Å². The number of carbonyl (C=O) groups is 2. The minimum absolute atomic E-state index is 0.000302. The van der Waals surface area contributed by atoms with Gasteiger partial charge in [0.05, 0.1) is 6.54 Å². The van der Waals surface area contributed by atoms with Crippen LogP contribution in [0.25, 0.3) is 0 Å². The SMILES string of the molecule is C[C@H](CCN1CCCC1=O)NC(=O)c1ccccc1Cn1cncn1. The molecule has 1 aliphatic heterocycles. The standard InChI is InChI=1S/C18H23N5O2/c1-14(8-10-22-9-4-7-17(22)24)21-18(25)16-6-3-2-5-15(16)11-23-13-19-12-20-23/h2-3,5-6,12-14H,4,7-11H2,1H3,(H,21,25)/t14-/m1/s1. The lowest BCUT2D eigenvalue weighted by atomic mass is 10.1. The Bertz CT molecular complexity index is 729. The molecule has 0 bridgehead atoms. The van der Waals surface area contributed by atoms with E-state index >= 15 is 0 Å². The highest BCUT2D eigenvalue weighted by molar-refractivity contribution is 5.95. The third-order valence-corrected chi connectivity index (χ3v) is 4.44. The summed E-state index contributed by atoms with van der Waals surface area (Å²) in [6.45, 7) is 4.00. The first-order valence-corrected chi connectivity index (χ1v) is 8.62. The van der Waals surface area contributed by atoms with E-state index in [1.165, 1.54) is 6.33 Å². The summed E-state index contributed by atoms with van der Waals surface area (Å²) in [4.78, 5) is 30.1. The van der Waals surface area contributed by atoms with Gasteiger partial charge in [0.25, 0.3) is 5.91 Å². The van der Waals surface area contributed by atoms with E-state index in [9.17, 15) is 9.59 Å². The summed E-state index contributed by atoms with van der Waals surface area (Å²) in [6.07, 6.45) is 5.45. The highest BCUT2D eigenvalue weighted by Gasteiger charge is 2.21. The number of carbonyl (C=O) groups excluding carboxylic acids is 2. The van der Waals surface area contributed by atoms with Crippen molar-refractivity contribution in [2.45, 2.75) is 38.8 Å². The predicted molar refractivity (Wildman–Crippen MR) is 92.9 cm³/mol. The second-order valence-corrected chi connectivity index (χ2v) is 6.40. The molecule has 132 valence electrons. The van der Waals surface area contributed by atoms with Crippen LogP contribution in [0, 0.1) is 0 Å². The minimum atomic E-state index is -0.101. The number of amides is 2. The largest absolute Gasteiger partial charge is 0.350 e. The van der Waals surface area contributed by atoms with Crippen LogP contribution in [0.15, 0.2) is 36.9 Å². The second kappa shape index (κ2) is 7.92. The fourth-order valence-corrected chi connectivity index (χ4v) is 3.03.